The van der Waals surface area contributed by atoms with Crippen molar-refractivity contribution in [3.8, 4) is 0 Å². The van der Waals surface area contributed by atoms with Gasteiger partial charge in [-0.15, -0.1) is 5.10 Å². The molecule has 0 spiro atoms. The summed E-state index contributed by atoms with van der Waals surface area (Å²) in [6, 6.07) is -0.0186. The van der Waals surface area contributed by atoms with Gasteiger partial charge in [0.1, 0.15) is 0 Å². The Morgan fingerprint density at radius 2 is 2.06 bits per heavy atom. The number of rotatable bonds is 2. The largest absolute Gasteiger partial charge is 0.391 e. The summed E-state index contributed by atoms with van der Waals surface area (Å²) in [5.41, 5.74) is 5.82. The van der Waals surface area contributed by atoms with Crippen LogP contribution in [0.3, 0.4) is 0 Å². The third kappa shape index (κ3) is 1.97. The second kappa shape index (κ2) is 4.29. The molecule has 0 amide bonds. The fourth-order valence-corrected chi connectivity index (χ4v) is 2.13. The Balaban J connectivity index is 2.24. The quantitative estimate of drug-likeness (QED) is 0.761. The van der Waals surface area contributed by atoms with Crippen molar-refractivity contribution in [2.24, 2.45) is 0 Å². The van der Waals surface area contributed by atoms with Crippen molar-refractivity contribution in [2.75, 3.05) is 24.7 Å². The van der Waals surface area contributed by atoms with Crippen molar-refractivity contribution in [1.82, 2.24) is 14.8 Å². The molecule has 2 rings (SSSR count). The minimum Gasteiger partial charge on any atom is -0.391 e. The molecule has 0 aliphatic heterocycles. The molecule has 1 aliphatic rings. The second-order valence-electron chi connectivity index (χ2n) is 4.53. The fourth-order valence-electron chi connectivity index (χ4n) is 2.13. The molecular weight excluding hydrogens is 206 g/mol. The molecule has 16 heavy (non-hydrogen) atoms. The minimum absolute atomic E-state index is 0.0186. The van der Waals surface area contributed by atoms with E-state index in [4.69, 9.17) is 5.73 Å². The highest BCUT2D eigenvalue weighted by atomic mass is 16.3. The van der Waals surface area contributed by atoms with Crippen LogP contribution in [0.25, 0.3) is 0 Å². The van der Waals surface area contributed by atoms with Gasteiger partial charge in [0.05, 0.1) is 12.1 Å². The van der Waals surface area contributed by atoms with Gasteiger partial charge >= 0.3 is 0 Å². The van der Waals surface area contributed by atoms with Gasteiger partial charge in [-0.25, -0.2) is 4.68 Å². The maximum atomic E-state index is 9.94. The molecule has 90 valence electrons. The van der Waals surface area contributed by atoms with Gasteiger partial charge in [-0.2, -0.15) is 4.98 Å². The van der Waals surface area contributed by atoms with Gasteiger partial charge in [-0.1, -0.05) is 12.8 Å². The summed E-state index contributed by atoms with van der Waals surface area (Å²) in [7, 11) is 3.74. The molecule has 1 aliphatic carbocycles. The zero-order valence-electron chi connectivity index (χ0n) is 9.80. The van der Waals surface area contributed by atoms with Gasteiger partial charge in [0.25, 0.3) is 0 Å². The molecule has 1 fully saturated rings. The third-order valence-corrected chi connectivity index (χ3v) is 3.05. The van der Waals surface area contributed by atoms with Crippen molar-refractivity contribution in [3.05, 3.63) is 0 Å². The SMILES string of the molecule is CN(C)c1nc(N)n(C2CCCCC2O)n1. The van der Waals surface area contributed by atoms with Crippen molar-refractivity contribution in [2.45, 2.75) is 37.8 Å². The first-order chi connectivity index (χ1) is 7.59. The second-order valence-corrected chi connectivity index (χ2v) is 4.53. The van der Waals surface area contributed by atoms with E-state index in [9.17, 15) is 5.11 Å². The van der Waals surface area contributed by atoms with E-state index in [0.717, 1.165) is 25.7 Å². The van der Waals surface area contributed by atoms with Crippen molar-refractivity contribution >= 4 is 11.9 Å². The Bertz CT molecular complexity index is 362. The Hall–Kier alpha value is -1.30. The molecule has 0 radical (unpaired) electrons. The van der Waals surface area contributed by atoms with Gasteiger partial charge in [0.2, 0.25) is 11.9 Å². The van der Waals surface area contributed by atoms with Crippen LogP contribution < -0.4 is 10.6 Å². The van der Waals surface area contributed by atoms with E-state index in [1.807, 2.05) is 19.0 Å². The summed E-state index contributed by atoms with van der Waals surface area (Å²) in [4.78, 5) is 5.97. The summed E-state index contributed by atoms with van der Waals surface area (Å²) in [6.07, 6.45) is 3.57. The maximum absolute atomic E-state index is 9.94. The molecule has 0 bridgehead atoms. The van der Waals surface area contributed by atoms with E-state index in [0.29, 0.717) is 11.9 Å². The number of nitrogens with zero attached hydrogens (tertiary/aromatic N) is 4. The zero-order valence-corrected chi connectivity index (χ0v) is 9.80. The predicted molar refractivity (Wildman–Crippen MR) is 62.3 cm³/mol. The fraction of sp³-hybridized carbons (Fsp3) is 0.800. The molecule has 3 N–H and O–H groups in total. The number of aliphatic hydroxyl groups excluding tert-OH is 1. The number of anilines is 2. The molecule has 6 nitrogen and oxygen atoms in total. The number of nitrogen functional groups attached to an aromatic ring is 1. The number of hydrogen-bond acceptors (Lipinski definition) is 5. The number of aromatic nitrogens is 3. The molecule has 1 aromatic heterocycles. The Morgan fingerprint density at radius 3 is 2.62 bits per heavy atom. The first kappa shape index (κ1) is 11.2. The Kier molecular flexibility index (Phi) is 3.00. The van der Waals surface area contributed by atoms with Crippen molar-refractivity contribution < 1.29 is 5.11 Å². The summed E-state index contributed by atoms with van der Waals surface area (Å²) in [5.74, 6) is 0.977. The van der Waals surface area contributed by atoms with Crippen LogP contribution in [0.1, 0.15) is 31.7 Å². The van der Waals surface area contributed by atoms with Crippen molar-refractivity contribution in [3.63, 3.8) is 0 Å². The molecule has 1 saturated carbocycles. The highest BCUT2D eigenvalue weighted by Crippen LogP contribution is 2.30. The lowest BCUT2D eigenvalue weighted by atomic mass is 9.93. The van der Waals surface area contributed by atoms with Gasteiger partial charge < -0.3 is 15.7 Å². The van der Waals surface area contributed by atoms with Gasteiger partial charge in [0.15, 0.2) is 0 Å². The molecule has 2 unspecified atom stereocenters. The molecule has 2 atom stereocenters. The number of nitrogens with two attached hydrogens (primary N) is 1. The number of hydrogen-bond donors (Lipinski definition) is 2. The van der Waals surface area contributed by atoms with E-state index < -0.39 is 0 Å². The molecule has 1 heterocycles. The highest BCUT2D eigenvalue weighted by Gasteiger charge is 2.27. The highest BCUT2D eigenvalue weighted by molar-refractivity contribution is 5.33. The first-order valence-corrected chi connectivity index (χ1v) is 5.67. The standard InChI is InChI=1S/C10H19N5O/c1-14(2)10-12-9(11)15(13-10)7-5-3-4-6-8(7)16/h7-8,16H,3-6H2,1-2H3,(H2,11,12,13). The van der Waals surface area contributed by atoms with E-state index in [-0.39, 0.29) is 12.1 Å². The molecule has 6 heteroatoms. The topological polar surface area (TPSA) is 80.2 Å². The van der Waals surface area contributed by atoms with Crippen LogP contribution in [0.2, 0.25) is 0 Å². The van der Waals surface area contributed by atoms with E-state index in [1.54, 1.807) is 4.68 Å². The van der Waals surface area contributed by atoms with Crippen LogP contribution in [0.4, 0.5) is 11.9 Å². The Morgan fingerprint density at radius 1 is 1.38 bits per heavy atom. The van der Waals surface area contributed by atoms with E-state index in [2.05, 4.69) is 10.1 Å². The average molecular weight is 225 g/mol. The molecule has 1 aromatic rings. The lowest BCUT2D eigenvalue weighted by molar-refractivity contribution is 0.0705. The van der Waals surface area contributed by atoms with Crippen LogP contribution in [0.15, 0.2) is 0 Å². The predicted octanol–water partition coefficient (Wildman–Crippen LogP) is 0.402. The third-order valence-electron chi connectivity index (χ3n) is 3.05. The van der Waals surface area contributed by atoms with Gasteiger partial charge in [-0.05, 0) is 12.8 Å². The Labute approximate surface area is 95.1 Å². The van der Waals surface area contributed by atoms with Crippen LogP contribution in [-0.4, -0.2) is 40.1 Å². The van der Waals surface area contributed by atoms with E-state index >= 15 is 0 Å². The van der Waals surface area contributed by atoms with Crippen LogP contribution >= 0.6 is 0 Å². The minimum atomic E-state index is -0.354. The lowest BCUT2D eigenvalue weighted by Gasteiger charge is -2.27. The summed E-state index contributed by atoms with van der Waals surface area (Å²) in [5, 5.41) is 14.3. The normalized spacial score (nSPS) is 25.7. The van der Waals surface area contributed by atoms with Crippen LogP contribution in [-0.2, 0) is 0 Å². The van der Waals surface area contributed by atoms with Crippen LogP contribution in [0.5, 0.6) is 0 Å². The first-order valence-electron chi connectivity index (χ1n) is 5.67. The lowest BCUT2D eigenvalue weighted by Crippen LogP contribution is -2.29. The molecule has 0 aromatic carbocycles. The van der Waals surface area contributed by atoms with Gasteiger partial charge in [0, 0.05) is 14.1 Å². The summed E-state index contributed by atoms with van der Waals surface area (Å²) < 4.78 is 1.67. The molecule has 0 saturated heterocycles. The van der Waals surface area contributed by atoms with Crippen LogP contribution in [0, 0.1) is 0 Å². The monoisotopic (exact) mass is 225 g/mol. The zero-order chi connectivity index (χ0) is 11.7. The van der Waals surface area contributed by atoms with Crippen molar-refractivity contribution in [1.29, 1.82) is 0 Å². The average Bonchev–Trinajstić information content (AvgIpc) is 2.61. The maximum Gasteiger partial charge on any atom is 0.246 e. The molecular formula is C10H19N5O. The summed E-state index contributed by atoms with van der Waals surface area (Å²) in [6.45, 7) is 0. The van der Waals surface area contributed by atoms with E-state index in [1.165, 1.54) is 0 Å². The van der Waals surface area contributed by atoms with Gasteiger partial charge in [-0.3, -0.25) is 0 Å². The smallest absolute Gasteiger partial charge is 0.246 e. The number of aliphatic hydroxyl groups is 1. The summed E-state index contributed by atoms with van der Waals surface area (Å²) >= 11 is 0.